The van der Waals surface area contributed by atoms with Crippen LogP contribution in [0.1, 0.15) is 29.4 Å². The Morgan fingerprint density at radius 3 is 3.00 bits per heavy atom. The van der Waals surface area contributed by atoms with Crippen molar-refractivity contribution in [2.45, 2.75) is 26.3 Å². The molecule has 0 aliphatic carbocycles. The van der Waals surface area contributed by atoms with Gasteiger partial charge in [0.05, 0.1) is 5.56 Å². The standard InChI is InChI=1S/C15H21N3O/c1-3-14-13-8-16-6-12(13)9-18(14)15(19)11-5-4-10(2)17-7-11/h4-5,7,12-14,16H,3,6,8-9H2,1-2H3. The molecule has 0 saturated carbocycles. The summed E-state index contributed by atoms with van der Waals surface area (Å²) < 4.78 is 0. The number of carbonyl (C=O) groups is 1. The largest absolute Gasteiger partial charge is 0.335 e. The van der Waals surface area contributed by atoms with Gasteiger partial charge >= 0.3 is 0 Å². The molecule has 0 bridgehead atoms. The average molecular weight is 259 g/mol. The highest BCUT2D eigenvalue weighted by molar-refractivity contribution is 5.94. The lowest BCUT2D eigenvalue weighted by Crippen LogP contribution is -2.39. The first-order valence-electron chi connectivity index (χ1n) is 7.15. The molecule has 4 nitrogen and oxygen atoms in total. The second-order valence-corrected chi connectivity index (χ2v) is 5.70. The van der Waals surface area contributed by atoms with Crippen molar-refractivity contribution < 1.29 is 4.79 Å². The van der Waals surface area contributed by atoms with Crippen LogP contribution in [-0.2, 0) is 0 Å². The summed E-state index contributed by atoms with van der Waals surface area (Å²) in [5.41, 5.74) is 1.67. The van der Waals surface area contributed by atoms with Gasteiger partial charge in [-0.25, -0.2) is 0 Å². The van der Waals surface area contributed by atoms with Crippen molar-refractivity contribution in [2.24, 2.45) is 11.8 Å². The molecule has 4 heteroatoms. The molecule has 2 saturated heterocycles. The number of aryl methyl sites for hydroxylation is 1. The van der Waals surface area contributed by atoms with E-state index in [1.54, 1.807) is 6.20 Å². The van der Waals surface area contributed by atoms with Crippen LogP contribution in [0.25, 0.3) is 0 Å². The maximum Gasteiger partial charge on any atom is 0.255 e. The average Bonchev–Trinajstić information content (AvgIpc) is 2.98. The first kappa shape index (κ1) is 12.6. The van der Waals surface area contributed by atoms with Gasteiger partial charge in [-0.05, 0) is 37.3 Å². The van der Waals surface area contributed by atoms with E-state index in [0.29, 0.717) is 17.9 Å². The van der Waals surface area contributed by atoms with Gasteiger partial charge in [-0.15, -0.1) is 0 Å². The van der Waals surface area contributed by atoms with Crippen molar-refractivity contribution >= 4 is 5.91 Å². The number of nitrogens with zero attached hydrogens (tertiary/aromatic N) is 2. The number of nitrogens with one attached hydrogen (secondary N) is 1. The number of rotatable bonds is 2. The van der Waals surface area contributed by atoms with E-state index in [1.165, 1.54) is 0 Å². The number of hydrogen-bond acceptors (Lipinski definition) is 3. The van der Waals surface area contributed by atoms with Crippen LogP contribution in [0.5, 0.6) is 0 Å². The van der Waals surface area contributed by atoms with Gasteiger partial charge in [0.15, 0.2) is 0 Å². The third kappa shape index (κ3) is 2.14. The molecule has 0 radical (unpaired) electrons. The predicted molar refractivity (Wildman–Crippen MR) is 73.9 cm³/mol. The van der Waals surface area contributed by atoms with Crippen LogP contribution in [0.4, 0.5) is 0 Å². The normalized spacial score (nSPS) is 29.6. The van der Waals surface area contributed by atoms with Crippen LogP contribution in [0.15, 0.2) is 18.3 Å². The Morgan fingerprint density at radius 2 is 2.32 bits per heavy atom. The SMILES string of the molecule is CCC1C2CNCC2CN1C(=O)c1ccc(C)nc1. The Morgan fingerprint density at radius 1 is 1.47 bits per heavy atom. The summed E-state index contributed by atoms with van der Waals surface area (Å²) >= 11 is 0. The third-order valence-electron chi connectivity index (χ3n) is 4.56. The van der Waals surface area contributed by atoms with Gasteiger partial charge in [-0.3, -0.25) is 9.78 Å². The Bertz CT molecular complexity index is 471. The predicted octanol–water partition coefficient (Wildman–Crippen LogP) is 1.46. The highest BCUT2D eigenvalue weighted by Crippen LogP contribution is 2.35. The lowest BCUT2D eigenvalue weighted by molar-refractivity contribution is 0.0711. The molecule has 0 spiro atoms. The van der Waals surface area contributed by atoms with Crippen LogP contribution in [-0.4, -0.2) is 41.5 Å². The van der Waals surface area contributed by atoms with E-state index in [9.17, 15) is 4.79 Å². The van der Waals surface area contributed by atoms with E-state index in [-0.39, 0.29) is 5.91 Å². The molecule has 19 heavy (non-hydrogen) atoms. The highest BCUT2D eigenvalue weighted by atomic mass is 16.2. The van der Waals surface area contributed by atoms with Crippen molar-refractivity contribution in [3.63, 3.8) is 0 Å². The van der Waals surface area contributed by atoms with E-state index >= 15 is 0 Å². The molecule has 0 aromatic carbocycles. The summed E-state index contributed by atoms with van der Waals surface area (Å²) in [5, 5.41) is 3.44. The number of pyridine rings is 1. The molecule has 1 aromatic heterocycles. The number of likely N-dealkylation sites (tertiary alicyclic amines) is 1. The first-order chi connectivity index (χ1) is 9.20. The molecule has 102 valence electrons. The second kappa shape index (κ2) is 4.93. The summed E-state index contributed by atoms with van der Waals surface area (Å²) in [5.74, 6) is 1.41. The fourth-order valence-electron chi connectivity index (χ4n) is 3.54. The van der Waals surface area contributed by atoms with Crippen LogP contribution in [0.3, 0.4) is 0 Å². The number of carbonyl (C=O) groups excluding carboxylic acids is 1. The van der Waals surface area contributed by atoms with Crippen molar-refractivity contribution in [1.29, 1.82) is 0 Å². The zero-order valence-corrected chi connectivity index (χ0v) is 11.6. The molecule has 1 amide bonds. The van der Waals surface area contributed by atoms with E-state index in [2.05, 4.69) is 22.1 Å². The van der Waals surface area contributed by atoms with Gasteiger partial charge < -0.3 is 10.2 Å². The number of aromatic nitrogens is 1. The quantitative estimate of drug-likeness (QED) is 0.874. The monoisotopic (exact) mass is 259 g/mol. The minimum atomic E-state index is 0.147. The van der Waals surface area contributed by atoms with Crippen molar-refractivity contribution in [3.8, 4) is 0 Å². The van der Waals surface area contributed by atoms with E-state index in [0.717, 1.165) is 37.3 Å². The lowest BCUT2D eigenvalue weighted by atomic mass is 9.93. The minimum absolute atomic E-state index is 0.147. The maximum absolute atomic E-state index is 12.6. The Balaban J connectivity index is 1.81. The zero-order valence-electron chi connectivity index (χ0n) is 11.6. The summed E-state index contributed by atoms with van der Waals surface area (Å²) in [6, 6.07) is 4.19. The third-order valence-corrected chi connectivity index (χ3v) is 4.56. The van der Waals surface area contributed by atoms with Gasteiger partial charge in [-0.2, -0.15) is 0 Å². The molecule has 2 aliphatic rings. The maximum atomic E-state index is 12.6. The smallest absolute Gasteiger partial charge is 0.255 e. The Hall–Kier alpha value is -1.42. The second-order valence-electron chi connectivity index (χ2n) is 5.70. The van der Waals surface area contributed by atoms with Gasteiger partial charge in [0.1, 0.15) is 0 Å². The van der Waals surface area contributed by atoms with Crippen LogP contribution >= 0.6 is 0 Å². The number of fused-ring (bicyclic) bond motifs is 1. The van der Waals surface area contributed by atoms with E-state index in [4.69, 9.17) is 0 Å². The molecule has 3 heterocycles. The van der Waals surface area contributed by atoms with Gasteiger partial charge in [0.2, 0.25) is 0 Å². The van der Waals surface area contributed by atoms with Gasteiger partial charge in [-0.1, -0.05) is 6.92 Å². The molecule has 1 N–H and O–H groups in total. The fourth-order valence-corrected chi connectivity index (χ4v) is 3.54. The Labute approximate surface area is 114 Å². The minimum Gasteiger partial charge on any atom is -0.335 e. The molecular formula is C15H21N3O. The highest BCUT2D eigenvalue weighted by Gasteiger charge is 2.45. The zero-order chi connectivity index (χ0) is 13.4. The van der Waals surface area contributed by atoms with Crippen molar-refractivity contribution in [1.82, 2.24) is 15.2 Å². The van der Waals surface area contributed by atoms with E-state index < -0.39 is 0 Å². The summed E-state index contributed by atoms with van der Waals surface area (Å²) in [6.45, 7) is 7.12. The lowest BCUT2D eigenvalue weighted by Gasteiger charge is -2.27. The molecule has 3 rings (SSSR count). The van der Waals surface area contributed by atoms with E-state index in [1.807, 2.05) is 19.1 Å². The van der Waals surface area contributed by atoms with Gasteiger partial charge in [0.25, 0.3) is 5.91 Å². The fraction of sp³-hybridized carbons (Fsp3) is 0.600. The van der Waals surface area contributed by atoms with Crippen LogP contribution < -0.4 is 5.32 Å². The van der Waals surface area contributed by atoms with Crippen LogP contribution in [0.2, 0.25) is 0 Å². The molecule has 2 fully saturated rings. The molecular weight excluding hydrogens is 238 g/mol. The van der Waals surface area contributed by atoms with Gasteiger partial charge in [0, 0.05) is 37.6 Å². The molecule has 2 aliphatic heterocycles. The molecule has 3 atom stereocenters. The number of hydrogen-bond donors (Lipinski definition) is 1. The summed E-state index contributed by atoms with van der Waals surface area (Å²) in [7, 11) is 0. The van der Waals surface area contributed by atoms with Crippen molar-refractivity contribution in [3.05, 3.63) is 29.6 Å². The topological polar surface area (TPSA) is 45.2 Å². The molecule has 1 aromatic rings. The van der Waals surface area contributed by atoms with Crippen LogP contribution in [0, 0.1) is 18.8 Å². The Kier molecular flexibility index (Phi) is 3.27. The molecule has 3 unspecified atom stereocenters. The summed E-state index contributed by atoms with van der Waals surface area (Å²) in [6.07, 6.45) is 2.74. The van der Waals surface area contributed by atoms with Crippen molar-refractivity contribution in [2.75, 3.05) is 19.6 Å². The number of amides is 1. The first-order valence-corrected chi connectivity index (χ1v) is 7.15. The summed E-state index contributed by atoms with van der Waals surface area (Å²) in [4.78, 5) is 18.9.